The number of benzene rings is 8. The van der Waals surface area contributed by atoms with E-state index >= 15 is 0 Å². The Morgan fingerprint density at radius 2 is 0.836 bits per heavy atom. The molecule has 0 bridgehead atoms. The number of hydrogen-bond acceptors (Lipinski definition) is 0. The van der Waals surface area contributed by atoms with Crippen molar-refractivity contribution in [3.63, 3.8) is 0 Å². The normalized spacial score (nSPS) is 11.6. The first-order valence-corrected chi connectivity index (χ1v) is 18.3. The average molecular weight is 700 g/mol. The summed E-state index contributed by atoms with van der Waals surface area (Å²) < 4.78 is 6.92. The molecule has 0 aliphatic carbocycles. The molecule has 8 aromatic carbocycles. The Bertz CT molecular complexity index is 3400. The van der Waals surface area contributed by atoms with E-state index in [0.717, 1.165) is 61.0 Å². The second-order valence-electron chi connectivity index (χ2n) is 13.9. The van der Waals surface area contributed by atoms with E-state index in [1.54, 1.807) is 0 Å². The van der Waals surface area contributed by atoms with Crippen molar-refractivity contribution < 1.29 is 0 Å². The fraction of sp³-hybridized carbons (Fsp3) is 0. The molecule has 5 nitrogen and oxygen atoms in total. The van der Waals surface area contributed by atoms with Gasteiger partial charge in [-0.3, -0.25) is 0 Å². The van der Waals surface area contributed by atoms with Gasteiger partial charge in [-0.2, -0.15) is 0 Å². The van der Waals surface area contributed by atoms with Crippen LogP contribution in [0.4, 0.5) is 11.4 Å². The van der Waals surface area contributed by atoms with Crippen LogP contribution in [0.15, 0.2) is 176 Å². The van der Waals surface area contributed by atoms with Crippen LogP contribution in [0, 0.1) is 13.1 Å². The summed E-state index contributed by atoms with van der Waals surface area (Å²) in [7, 11) is 0. The van der Waals surface area contributed by atoms with Crippen LogP contribution in [-0.2, 0) is 0 Å². The van der Waals surface area contributed by atoms with Gasteiger partial charge in [-0.25, -0.2) is 9.69 Å². The average Bonchev–Trinajstić information content (AvgIpc) is 3.89. The summed E-state index contributed by atoms with van der Waals surface area (Å²) in [5.41, 5.74) is 12.7. The summed E-state index contributed by atoms with van der Waals surface area (Å²) in [5, 5.41) is 6.79. The van der Waals surface area contributed by atoms with Crippen molar-refractivity contribution in [2.45, 2.75) is 0 Å². The highest BCUT2D eigenvalue weighted by Crippen LogP contribution is 2.42. The Hall–Kier alpha value is -7.86. The van der Waals surface area contributed by atoms with Crippen LogP contribution in [0.1, 0.15) is 0 Å². The second kappa shape index (κ2) is 11.8. The maximum absolute atomic E-state index is 8.26. The number of rotatable bonds is 4. The van der Waals surface area contributed by atoms with E-state index in [0.29, 0.717) is 11.4 Å². The lowest BCUT2D eigenvalue weighted by Crippen LogP contribution is -2.00. The largest absolute Gasteiger partial charge is 0.320 e. The summed E-state index contributed by atoms with van der Waals surface area (Å²) in [4.78, 5) is 7.86. The van der Waals surface area contributed by atoms with Crippen molar-refractivity contribution in [3.05, 3.63) is 199 Å². The highest BCUT2D eigenvalue weighted by atomic mass is 15.1. The summed E-state index contributed by atoms with van der Waals surface area (Å²) in [6.07, 6.45) is 0. The number of hydrogen-bond donors (Lipinski definition) is 0. The van der Waals surface area contributed by atoms with E-state index in [1.807, 2.05) is 42.5 Å². The fourth-order valence-corrected chi connectivity index (χ4v) is 8.77. The minimum Gasteiger partial charge on any atom is -0.320 e. The second-order valence-corrected chi connectivity index (χ2v) is 13.9. The maximum atomic E-state index is 8.26. The number of aromatic nitrogens is 3. The molecule has 5 heteroatoms. The Morgan fingerprint density at radius 3 is 1.49 bits per heavy atom. The van der Waals surface area contributed by atoms with Gasteiger partial charge in [0, 0.05) is 38.1 Å². The summed E-state index contributed by atoms with van der Waals surface area (Å²) in [5.74, 6) is 0. The van der Waals surface area contributed by atoms with Crippen LogP contribution in [0.2, 0.25) is 0 Å². The predicted octanol–water partition coefficient (Wildman–Crippen LogP) is 13.7. The van der Waals surface area contributed by atoms with Crippen LogP contribution < -0.4 is 0 Å². The van der Waals surface area contributed by atoms with Crippen LogP contribution in [-0.4, -0.2) is 13.7 Å². The van der Waals surface area contributed by atoms with Crippen molar-refractivity contribution in [1.82, 2.24) is 13.7 Å². The molecule has 0 aliphatic heterocycles. The minimum atomic E-state index is 0.552. The van der Waals surface area contributed by atoms with Gasteiger partial charge in [-0.05, 0) is 77.2 Å². The minimum absolute atomic E-state index is 0.552. The number of fused-ring (bicyclic) bond motifs is 9. The van der Waals surface area contributed by atoms with E-state index in [1.165, 1.54) is 32.6 Å². The van der Waals surface area contributed by atoms with Gasteiger partial charge in [0.1, 0.15) is 0 Å². The van der Waals surface area contributed by atoms with Crippen LogP contribution in [0.25, 0.3) is 103 Å². The van der Waals surface area contributed by atoms with E-state index in [4.69, 9.17) is 13.1 Å². The Kier molecular flexibility index (Phi) is 6.61. The Labute approximate surface area is 316 Å². The highest BCUT2D eigenvalue weighted by Gasteiger charge is 2.21. The molecule has 0 N–H and O–H groups in total. The zero-order valence-corrected chi connectivity index (χ0v) is 29.5. The molecule has 0 atom stereocenters. The van der Waals surface area contributed by atoms with Crippen LogP contribution in [0.3, 0.4) is 0 Å². The van der Waals surface area contributed by atoms with E-state index < -0.39 is 0 Å². The lowest BCUT2D eigenvalue weighted by molar-refractivity contribution is 1.13. The van der Waals surface area contributed by atoms with Gasteiger partial charge in [0.2, 0.25) is 5.69 Å². The van der Waals surface area contributed by atoms with Crippen LogP contribution in [0.5, 0.6) is 0 Å². The molecular formula is C50H29N5. The zero-order valence-electron chi connectivity index (χ0n) is 29.5. The van der Waals surface area contributed by atoms with Crippen molar-refractivity contribution in [3.8, 4) is 28.2 Å². The first-order chi connectivity index (χ1) is 27.2. The summed E-state index contributed by atoms with van der Waals surface area (Å²) in [6, 6.07) is 61.3. The van der Waals surface area contributed by atoms with Gasteiger partial charge >= 0.3 is 0 Å². The quantitative estimate of drug-likeness (QED) is 0.163. The van der Waals surface area contributed by atoms with Gasteiger partial charge in [-0.15, -0.1) is 0 Å². The molecule has 0 fully saturated rings. The van der Waals surface area contributed by atoms with Crippen molar-refractivity contribution >= 4 is 76.8 Å². The molecule has 3 aromatic heterocycles. The van der Waals surface area contributed by atoms with E-state index in [2.05, 4.69) is 157 Å². The Balaban J connectivity index is 1.07. The van der Waals surface area contributed by atoms with Crippen molar-refractivity contribution in [1.29, 1.82) is 0 Å². The molecule has 0 radical (unpaired) electrons. The monoisotopic (exact) mass is 699 g/mol. The van der Waals surface area contributed by atoms with E-state index in [-0.39, 0.29) is 0 Å². The third-order valence-corrected chi connectivity index (χ3v) is 11.1. The zero-order chi connectivity index (χ0) is 36.6. The molecule has 11 rings (SSSR count). The molecule has 3 heterocycles. The molecule has 0 spiro atoms. The molecule has 0 aliphatic rings. The third kappa shape index (κ3) is 4.39. The van der Waals surface area contributed by atoms with Gasteiger partial charge < -0.3 is 13.7 Å². The van der Waals surface area contributed by atoms with E-state index in [9.17, 15) is 0 Å². The number of para-hydroxylation sites is 5. The summed E-state index contributed by atoms with van der Waals surface area (Å²) >= 11 is 0. The SMILES string of the molecule is [C-]#[N+]c1cc(-c2ccc(-n3c4ccccc4c4cccc(-n5c6ccccc6c6ccccc65)c43)cc2)ccc1-n1c2ccccc2c2c([N+]#[C-])cccc21. The lowest BCUT2D eigenvalue weighted by Gasteiger charge is -2.15. The highest BCUT2D eigenvalue weighted by molar-refractivity contribution is 6.16. The summed E-state index contributed by atoms with van der Waals surface area (Å²) in [6.45, 7) is 16.1. The van der Waals surface area contributed by atoms with Gasteiger partial charge in [0.25, 0.3) is 0 Å². The topological polar surface area (TPSA) is 23.5 Å². The standard InChI is InChI=1S/C50H29N5/c1-51-40-18-12-23-47-49(40)39-16-6-10-22-45(39)55(47)46-30-27-33(31-41(46)52-2)32-25-28-34(29-26-32)53-42-19-7-5-15-37(42)38-17-11-24-48(50(38)53)54-43-20-8-3-13-35(43)36-14-4-9-21-44(36)54/h3-31H. The van der Waals surface area contributed by atoms with Crippen molar-refractivity contribution in [2.24, 2.45) is 0 Å². The molecule has 11 aromatic rings. The smallest absolute Gasteiger partial charge is 0.211 e. The molecule has 55 heavy (non-hydrogen) atoms. The fourth-order valence-electron chi connectivity index (χ4n) is 8.77. The molecule has 0 amide bonds. The third-order valence-electron chi connectivity index (χ3n) is 11.1. The molecule has 0 unspecified atom stereocenters. The predicted molar refractivity (Wildman–Crippen MR) is 227 cm³/mol. The molecule has 0 saturated heterocycles. The first kappa shape index (κ1) is 30.7. The van der Waals surface area contributed by atoms with Gasteiger partial charge in [0.05, 0.1) is 52.1 Å². The maximum Gasteiger partial charge on any atom is 0.211 e. The lowest BCUT2D eigenvalue weighted by atomic mass is 10.0. The van der Waals surface area contributed by atoms with Crippen molar-refractivity contribution in [2.75, 3.05) is 0 Å². The van der Waals surface area contributed by atoms with Gasteiger partial charge in [-0.1, -0.05) is 115 Å². The molecular weight excluding hydrogens is 671 g/mol. The molecule has 254 valence electrons. The Morgan fingerprint density at radius 1 is 0.345 bits per heavy atom. The first-order valence-electron chi connectivity index (χ1n) is 18.3. The molecule has 0 saturated carbocycles. The van der Waals surface area contributed by atoms with Crippen LogP contribution >= 0.6 is 0 Å². The van der Waals surface area contributed by atoms with Gasteiger partial charge in [0.15, 0.2) is 5.69 Å². The number of nitrogens with zero attached hydrogens (tertiary/aromatic N) is 5.